The van der Waals surface area contributed by atoms with Crippen molar-refractivity contribution in [2.24, 2.45) is 0 Å². The van der Waals surface area contributed by atoms with Crippen LogP contribution in [0.1, 0.15) is 155 Å². The quantitative estimate of drug-likeness (QED) is 0.173. The van der Waals surface area contributed by atoms with E-state index in [0.717, 1.165) is 66.8 Å². The monoisotopic (exact) mass is 975 g/mol. The van der Waals surface area contributed by atoms with E-state index >= 15 is 0 Å². The van der Waals surface area contributed by atoms with E-state index in [-0.39, 0.29) is 27.7 Å². The molecule has 9 rings (SSSR count). The molecule has 2 heterocycles. The van der Waals surface area contributed by atoms with E-state index in [4.69, 9.17) is 25.0 Å². The van der Waals surface area contributed by atoms with Gasteiger partial charge in [-0.25, -0.2) is 4.98 Å². The van der Waals surface area contributed by atoms with Crippen molar-refractivity contribution in [2.45, 2.75) is 138 Å². The minimum absolute atomic E-state index is 0.0274. The van der Waals surface area contributed by atoms with Gasteiger partial charge in [0.05, 0.1) is 33.5 Å². The van der Waals surface area contributed by atoms with Crippen molar-refractivity contribution in [2.75, 3.05) is 0 Å². The smallest absolute Gasteiger partial charge is 0.149 e. The molecule has 73 heavy (non-hydrogen) atoms. The van der Waals surface area contributed by atoms with Crippen LogP contribution >= 0.6 is 0 Å². The molecular formula is C69H75N3O. The SMILES string of the molecule is [2H]c1c([2H])c(C(C([2H])([2H])[2H])(C([2H])([2H])[2H])C([2H])([2H])[2H])c([2H])c([2H])c1-c1ccnc(-c2cc(-c3cccc4c3nc(-c3cc(C(C)(C)C)cc(C(C)(C)C)c3O)n4-c3cc(C)c(-c4ccc(C(C)(C)C)cc4)cc3-c3ccccc3)cc(C(C)(C)C)c2)c1. The number of para-hydroxylation sites is 1. The zero-order chi connectivity index (χ0) is 63.6. The summed E-state index contributed by atoms with van der Waals surface area (Å²) in [6.07, 6.45) is 1.45. The summed E-state index contributed by atoms with van der Waals surface area (Å²) in [5, 5.41) is 12.8. The second kappa shape index (κ2) is 18.5. The van der Waals surface area contributed by atoms with Gasteiger partial charge in [-0.1, -0.05) is 207 Å². The Labute approximate surface area is 454 Å². The Morgan fingerprint density at radius 2 is 1.10 bits per heavy atom. The fraction of sp³-hybridized carbons (Fsp3) is 0.304. The number of rotatable bonds is 7. The first-order chi connectivity index (χ1) is 39.6. The molecule has 9 aromatic rings. The summed E-state index contributed by atoms with van der Waals surface area (Å²) in [7, 11) is 0. The lowest BCUT2D eigenvalue weighted by Crippen LogP contribution is -2.17. The number of pyridine rings is 1. The molecule has 0 unspecified atom stereocenters. The van der Waals surface area contributed by atoms with Crippen LogP contribution in [0.2, 0.25) is 0 Å². The maximum atomic E-state index is 12.8. The van der Waals surface area contributed by atoms with Crippen LogP contribution in [0.25, 0.3) is 83.9 Å². The van der Waals surface area contributed by atoms with Crippen LogP contribution in [0.4, 0.5) is 0 Å². The summed E-state index contributed by atoms with van der Waals surface area (Å²) in [6, 6.07) is 39.1. The van der Waals surface area contributed by atoms with Gasteiger partial charge in [0.15, 0.2) is 0 Å². The Balaban J connectivity index is 1.33. The minimum Gasteiger partial charge on any atom is -0.507 e. The van der Waals surface area contributed by atoms with Crippen LogP contribution in [0.5, 0.6) is 5.75 Å². The van der Waals surface area contributed by atoms with Crippen molar-refractivity contribution in [3.05, 3.63) is 191 Å². The second-order valence-corrected chi connectivity index (χ2v) is 23.7. The van der Waals surface area contributed by atoms with Gasteiger partial charge in [-0.3, -0.25) is 9.55 Å². The molecule has 4 heteroatoms. The topological polar surface area (TPSA) is 50.9 Å². The Morgan fingerprint density at radius 1 is 0.466 bits per heavy atom. The molecule has 372 valence electrons. The number of hydrogen-bond acceptors (Lipinski definition) is 3. The van der Waals surface area contributed by atoms with Gasteiger partial charge < -0.3 is 5.11 Å². The molecule has 0 aliphatic rings. The molecule has 0 radical (unpaired) electrons. The van der Waals surface area contributed by atoms with Crippen molar-refractivity contribution in [3.63, 3.8) is 0 Å². The standard InChI is InChI=1S/C69H75N3O/c1-43-35-61(56(45-21-18-17-19-22-45)42-55(43)46-27-31-51(32-28-46)66(5,6)7)72-60-24-20-23-54(62(60)71-64(72)57-40-53(68(11,12)13)41-58(63(57)73)69(14,15)16)48-36-49(38-52(37-48)67(8,9)10)59-39-47(33-34-70-59)44-25-29-50(30-26-44)65(2,3)4/h17-42,73H,1-16H3/i2D3,3D3,4D3,25D,26D,29D,30D. The lowest BCUT2D eigenvalue weighted by atomic mass is 9.79. The van der Waals surface area contributed by atoms with Crippen molar-refractivity contribution >= 4 is 11.0 Å². The lowest BCUT2D eigenvalue weighted by molar-refractivity contribution is 0.446. The normalized spacial score (nSPS) is 15.8. The van der Waals surface area contributed by atoms with Crippen LogP contribution in [0.3, 0.4) is 0 Å². The Morgan fingerprint density at radius 3 is 1.73 bits per heavy atom. The zero-order valence-electron chi connectivity index (χ0n) is 57.5. The van der Waals surface area contributed by atoms with E-state index in [9.17, 15) is 7.85 Å². The van der Waals surface area contributed by atoms with Gasteiger partial charge in [0.25, 0.3) is 0 Å². The van der Waals surface area contributed by atoms with Crippen molar-refractivity contribution < 1.29 is 22.9 Å². The molecule has 4 nitrogen and oxygen atoms in total. The van der Waals surface area contributed by atoms with Crippen LogP contribution in [-0.2, 0) is 27.1 Å². The van der Waals surface area contributed by atoms with Gasteiger partial charge in [-0.15, -0.1) is 0 Å². The third-order valence-corrected chi connectivity index (χ3v) is 13.9. The van der Waals surface area contributed by atoms with Gasteiger partial charge in [0.1, 0.15) is 11.6 Å². The van der Waals surface area contributed by atoms with Gasteiger partial charge in [0, 0.05) is 40.8 Å². The average Bonchev–Trinajstić information content (AvgIpc) is 0.746. The molecule has 7 aromatic carbocycles. The summed E-state index contributed by atoms with van der Waals surface area (Å²) in [6.45, 7) is 16.3. The number of fused-ring (bicyclic) bond motifs is 1. The number of hydrogen-bond donors (Lipinski definition) is 1. The van der Waals surface area contributed by atoms with Gasteiger partial charge in [0.2, 0.25) is 0 Å². The number of phenols is 1. The summed E-state index contributed by atoms with van der Waals surface area (Å²) in [5.41, 5.74) is 8.00. The maximum Gasteiger partial charge on any atom is 0.149 e. The fourth-order valence-corrected chi connectivity index (χ4v) is 9.51. The van der Waals surface area contributed by atoms with Crippen LogP contribution < -0.4 is 0 Å². The van der Waals surface area contributed by atoms with E-state index in [1.165, 1.54) is 17.8 Å². The van der Waals surface area contributed by atoms with Crippen LogP contribution in [-0.4, -0.2) is 19.6 Å². The molecule has 0 bridgehead atoms. The Bertz CT molecular complexity index is 4040. The average molecular weight is 975 g/mol. The van der Waals surface area contributed by atoms with E-state index in [2.05, 4.69) is 167 Å². The molecule has 0 aliphatic carbocycles. The Kier molecular flexibility index (Phi) is 9.31. The maximum absolute atomic E-state index is 12.8. The van der Waals surface area contributed by atoms with E-state index in [1.54, 1.807) is 6.07 Å². The van der Waals surface area contributed by atoms with Crippen LogP contribution in [0, 0.1) is 6.92 Å². The largest absolute Gasteiger partial charge is 0.507 e. The third kappa shape index (κ3) is 10.2. The highest BCUT2D eigenvalue weighted by atomic mass is 16.3. The number of imidazole rings is 1. The lowest BCUT2D eigenvalue weighted by Gasteiger charge is -2.28. The molecule has 0 saturated carbocycles. The molecular weight excluding hydrogens is 887 g/mol. The summed E-state index contributed by atoms with van der Waals surface area (Å²) < 4.78 is 114. The van der Waals surface area contributed by atoms with Gasteiger partial charge >= 0.3 is 0 Å². The van der Waals surface area contributed by atoms with E-state index < -0.39 is 66.5 Å². The highest BCUT2D eigenvalue weighted by molar-refractivity contribution is 5.98. The fourth-order valence-electron chi connectivity index (χ4n) is 9.51. The van der Waals surface area contributed by atoms with Crippen molar-refractivity contribution in [1.29, 1.82) is 0 Å². The first-order valence-electron chi connectivity index (χ1n) is 31.5. The molecule has 0 aliphatic heterocycles. The molecule has 0 saturated heterocycles. The molecule has 0 atom stereocenters. The van der Waals surface area contributed by atoms with Gasteiger partial charge in [-0.05, 0) is 144 Å². The minimum atomic E-state index is -3.82. The predicted octanol–water partition coefficient (Wildman–Crippen LogP) is 18.9. The van der Waals surface area contributed by atoms with Crippen LogP contribution in [0.15, 0.2) is 158 Å². The van der Waals surface area contributed by atoms with E-state index in [0.29, 0.717) is 28.2 Å². The molecule has 0 amide bonds. The molecule has 2 aromatic heterocycles. The molecule has 0 fully saturated rings. The number of benzene rings is 7. The highest BCUT2D eigenvalue weighted by Gasteiger charge is 2.30. The van der Waals surface area contributed by atoms with Crippen molar-refractivity contribution in [3.8, 4) is 78.6 Å². The molecule has 0 spiro atoms. The summed E-state index contributed by atoms with van der Waals surface area (Å²) >= 11 is 0. The predicted molar refractivity (Wildman–Crippen MR) is 311 cm³/mol. The number of aromatic hydroxyl groups is 1. The third-order valence-electron chi connectivity index (χ3n) is 13.9. The number of aromatic nitrogens is 3. The summed E-state index contributed by atoms with van der Waals surface area (Å²) in [5.74, 6) is 0.657. The Hall–Kier alpha value is -7.04. The zero-order valence-corrected chi connectivity index (χ0v) is 44.5. The summed E-state index contributed by atoms with van der Waals surface area (Å²) in [4.78, 5) is 10.5. The second-order valence-electron chi connectivity index (χ2n) is 23.7. The first kappa shape index (κ1) is 36.8. The van der Waals surface area contributed by atoms with Gasteiger partial charge in [-0.2, -0.15) is 0 Å². The number of nitrogens with zero attached hydrogens (tertiary/aromatic N) is 3. The first-order valence-corrected chi connectivity index (χ1v) is 25.0. The number of aryl methyl sites for hydroxylation is 1. The van der Waals surface area contributed by atoms with E-state index in [1.807, 2.05) is 42.5 Å². The highest BCUT2D eigenvalue weighted by Crippen LogP contribution is 2.47. The number of phenolic OH excluding ortho intramolecular Hbond substituents is 1. The molecule has 1 N–H and O–H groups in total. The van der Waals surface area contributed by atoms with Crippen molar-refractivity contribution in [1.82, 2.24) is 14.5 Å².